The van der Waals surface area contributed by atoms with E-state index < -0.39 is 23.2 Å². The number of ether oxygens (including phenoxy) is 1. The second kappa shape index (κ2) is 10.4. The minimum absolute atomic E-state index is 0.278. The first-order valence-electron chi connectivity index (χ1n) is 10.2. The van der Waals surface area contributed by atoms with Gasteiger partial charge in [-0.05, 0) is 55.5 Å². The van der Waals surface area contributed by atoms with Crippen molar-refractivity contribution in [2.45, 2.75) is 64.9 Å². The number of aliphatic carboxylic acids is 1. The molecule has 0 radical (unpaired) electrons. The van der Waals surface area contributed by atoms with Crippen molar-refractivity contribution < 1.29 is 23.4 Å². The Morgan fingerprint density at radius 3 is 2.34 bits per heavy atom. The summed E-state index contributed by atoms with van der Waals surface area (Å²) in [5.74, 6) is -1.32. The van der Waals surface area contributed by atoms with E-state index in [1.165, 1.54) is 18.6 Å². The van der Waals surface area contributed by atoms with Crippen LogP contribution in [0.5, 0.6) is 5.75 Å². The zero-order chi connectivity index (χ0) is 21.4. The predicted octanol–water partition coefficient (Wildman–Crippen LogP) is 6.85. The molecule has 0 heterocycles. The molecule has 2 unspecified atom stereocenters. The highest BCUT2D eigenvalue weighted by Gasteiger charge is 2.35. The number of hydrogen-bond donors (Lipinski definition) is 1. The highest BCUT2D eigenvalue weighted by atomic mass is 19.1. The van der Waals surface area contributed by atoms with Gasteiger partial charge < -0.3 is 9.84 Å². The molecule has 0 aromatic heterocycles. The first-order valence-corrected chi connectivity index (χ1v) is 10.2. The van der Waals surface area contributed by atoms with Crippen LogP contribution in [0.25, 0.3) is 11.1 Å². The van der Waals surface area contributed by atoms with Gasteiger partial charge in [0.05, 0.1) is 0 Å². The lowest BCUT2D eigenvalue weighted by Crippen LogP contribution is -2.41. The van der Waals surface area contributed by atoms with Gasteiger partial charge in [0, 0.05) is 11.6 Å². The Hall–Kier alpha value is -2.43. The Kier molecular flexibility index (Phi) is 8.18. The van der Waals surface area contributed by atoms with E-state index in [-0.39, 0.29) is 5.56 Å². The summed E-state index contributed by atoms with van der Waals surface area (Å²) in [6.45, 7) is 5.94. The minimum atomic E-state index is -1.33. The number of unbranched alkanes of at least 4 members (excludes halogenated alkanes) is 1. The number of hydrogen-bond acceptors (Lipinski definition) is 2. The molecule has 0 saturated heterocycles. The van der Waals surface area contributed by atoms with E-state index in [9.17, 15) is 18.7 Å². The van der Waals surface area contributed by atoms with Crippen LogP contribution in [0.2, 0.25) is 0 Å². The molecule has 2 aromatic rings. The molecular formula is C24H30F2O3. The minimum Gasteiger partial charge on any atom is -0.478 e. The van der Waals surface area contributed by atoms with Gasteiger partial charge in [0.25, 0.3) is 0 Å². The van der Waals surface area contributed by atoms with E-state index >= 15 is 0 Å². The molecular weight excluding hydrogens is 374 g/mol. The highest BCUT2D eigenvalue weighted by Crippen LogP contribution is 2.29. The van der Waals surface area contributed by atoms with Crippen LogP contribution in [0, 0.1) is 17.6 Å². The highest BCUT2D eigenvalue weighted by molar-refractivity contribution is 5.77. The molecule has 0 saturated carbocycles. The van der Waals surface area contributed by atoms with Crippen LogP contribution in [0.1, 0.15) is 59.3 Å². The SMILES string of the molecule is CCCCC(C)CCCC(C)(Oc1ccc(-c2ccc(F)cc2F)cc1)C(=O)O. The number of carboxylic acids is 1. The van der Waals surface area contributed by atoms with Crippen LogP contribution < -0.4 is 4.74 Å². The van der Waals surface area contributed by atoms with E-state index in [2.05, 4.69) is 13.8 Å². The summed E-state index contributed by atoms with van der Waals surface area (Å²) in [5.41, 5.74) is -0.482. The summed E-state index contributed by atoms with van der Waals surface area (Å²) < 4.78 is 32.8. The molecule has 0 aliphatic carbocycles. The second-order valence-electron chi connectivity index (χ2n) is 7.93. The predicted molar refractivity (Wildman–Crippen MR) is 111 cm³/mol. The number of rotatable bonds is 11. The molecule has 2 aromatic carbocycles. The van der Waals surface area contributed by atoms with Crippen LogP contribution in [-0.2, 0) is 4.79 Å². The maximum absolute atomic E-state index is 13.9. The molecule has 0 amide bonds. The quantitative estimate of drug-likeness (QED) is 0.445. The lowest BCUT2D eigenvalue weighted by Gasteiger charge is -2.27. The van der Waals surface area contributed by atoms with Crippen molar-refractivity contribution in [3.8, 4) is 16.9 Å². The number of halogens is 2. The van der Waals surface area contributed by atoms with Crippen molar-refractivity contribution in [2.75, 3.05) is 0 Å². The van der Waals surface area contributed by atoms with Gasteiger partial charge in [-0.15, -0.1) is 0 Å². The van der Waals surface area contributed by atoms with Gasteiger partial charge in [0.15, 0.2) is 0 Å². The molecule has 2 atom stereocenters. The maximum atomic E-state index is 13.9. The van der Waals surface area contributed by atoms with Crippen molar-refractivity contribution in [1.82, 2.24) is 0 Å². The number of carboxylic acid groups (broad SMARTS) is 1. The summed E-state index contributed by atoms with van der Waals surface area (Å²) in [4.78, 5) is 11.8. The monoisotopic (exact) mass is 404 g/mol. The Labute approximate surface area is 171 Å². The summed E-state index contributed by atoms with van der Waals surface area (Å²) in [6, 6.07) is 9.92. The second-order valence-corrected chi connectivity index (χ2v) is 7.93. The topological polar surface area (TPSA) is 46.5 Å². The average Bonchev–Trinajstić information content (AvgIpc) is 2.67. The number of carbonyl (C=O) groups is 1. The van der Waals surface area contributed by atoms with Crippen molar-refractivity contribution in [3.05, 3.63) is 54.1 Å². The van der Waals surface area contributed by atoms with Gasteiger partial charge in [0.1, 0.15) is 17.4 Å². The maximum Gasteiger partial charge on any atom is 0.347 e. The van der Waals surface area contributed by atoms with E-state index in [1.807, 2.05) is 0 Å². The van der Waals surface area contributed by atoms with E-state index in [1.54, 1.807) is 31.2 Å². The summed E-state index contributed by atoms with van der Waals surface area (Å²) in [7, 11) is 0. The zero-order valence-electron chi connectivity index (χ0n) is 17.4. The molecule has 5 heteroatoms. The van der Waals surface area contributed by atoms with Gasteiger partial charge in [0.2, 0.25) is 5.60 Å². The Morgan fingerprint density at radius 2 is 1.76 bits per heavy atom. The molecule has 2 rings (SSSR count). The Bertz CT molecular complexity index is 804. The Balaban J connectivity index is 2.03. The van der Waals surface area contributed by atoms with E-state index in [0.29, 0.717) is 23.7 Å². The molecule has 1 N–H and O–H groups in total. The van der Waals surface area contributed by atoms with Crippen molar-refractivity contribution in [1.29, 1.82) is 0 Å². The molecule has 0 bridgehead atoms. The summed E-state index contributed by atoms with van der Waals surface area (Å²) in [6.07, 6.45) is 5.66. The van der Waals surface area contributed by atoms with Crippen molar-refractivity contribution >= 4 is 5.97 Å². The fourth-order valence-corrected chi connectivity index (χ4v) is 3.37. The smallest absolute Gasteiger partial charge is 0.347 e. The zero-order valence-corrected chi connectivity index (χ0v) is 17.4. The third kappa shape index (κ3) is 6.55. The van der Waals surface area contributed by atoms with Crippen LogP contribution >= 0.6 is 0 Å². The Morgan fingerprint density at radius 1 is 1.10 bits per heavy atom. The van der Waals surface area contributed by atoms with Gasteiger partial charge in [-0.3, -0.25) is 0 Å². The molecule has 0 aliphatic heterocycles. The van der Waals surface area contributed by atoms with Crippen molar-refractivity contribution in [3.63, 3.8) is 0 Å². The molecule has 0 aliphatic rings. The molecule has 29 heavy (non-hydrogen) atoms. The van der Waals surface area contributed by atoms with Crippen LogP contribution in [0.4, 0.5) is 8.78 Å². The summed E-state index contributed by atoms with van der Waals surface area (Å²) >= 11 is 0. The molecule has 3 nitrogen and oxygen atoms in total. The first kappa shape index (κ1) is 22.9. The fourth-order valence-electron chi connectivity index (χ4n) is 3.37. The third-order valence-corrected chi connectivity index (χ3v) is 5.29. The van der Waals surface area contributed by atoms with E-state index in [4.69, 9.17) is 4.74 Å². The fraction of sp³-hybridized carbons (Fsp3) is 0.458. The molecule has 0 fully saturated rings. The van der Waals surface area contributed by atoms with Gasteiger partial charge in [-0.1, -0.05) is 51.7 Å². The average molecular weight is 404 g/mol. The van der Waals surface area contributed by atoms with E-state index in [0.717, 1.165) is 31.7 Å². The van der Waals surface area contributed by atoms with Crippen molar-refractivity contribution in [2.24, 2.45) is 5.92 Å². The van der Waals surface area contributed by atoms with Crippen LogP contribution in [0.15, 0.2) is 42.5 Å². The standard InChI is InChI=1S/C24H30F2O3/c1-4-5-7-17(2)8-6-15-24(3,23(27)28)29-20-12-9-18(10-13-20)21-14-11-19(25)16-22(21)26/h9-14,16-17H,4-8,15H2,1-3H3,(H,27,28). The lowest BCUT2D eigenvalue weighted by molar-refractivity contribution is -0.154. The van der Waals surface area contributed by atoms with Crippen LogP contribution in [-0.4, -0.2) is 16.7 Å². The molecule has 158 valence electrons. The normalized spacial score (nSPS) is 14.2. The molecule has 0 spiro atoms. The van der Waals surface area contributed by atoms with Gasteiger partial charge in [-0.2, -0.15) is 0 Å². The van der Waals surface area contributed by atoms with Crippen LogP contribution in [0.3, 0.4) is 0 Å². The third-order valence-electron chi connectivity index (χ3n) is 5.29. The van der Waals surface area contributed by atoms with Gasteiger partial charge >= 0.3 is 5.97 Å². The largest absolute Gasteiger partial charge is 0.478 e. The first-order chi connectivity index (χ1) is 13.7. The summed E-state index contributed by atoms with van der Waals surface area (Å²) in [5, 5.41) is 9.69. The van der Waals surface area contributed by atoms with Gasteiger partial charge in [-0.25, -0.2) is 13.6 Å². The number of benzene rings is 2. The lowest BCUT2D eigenvalue weighted by atomic mass is 9.92.